The van der Waals surface area contributed by atoms with Gasteiger partial charge in [-0.1, -0.05) is 12.8 Å². The van der Waals surface area contributed by atoms with Gasteiger partial charge in [-0.2, -0.15) is 0 Å². The second-order valence-electron chi connectivity index (χ2n) is 4.86. The molecule has 0 heterocycles. The van der Waals surface area contributed by atoms with Crippen molar-refractivity contribution in [2.75, 3.05) is 13.1 Å². The largest absolute Gasteiger partial charge is 0.480 e. The minimum absolute atomic E-state index is 0.131. The van der Waals surface area contributed by atoms with Crippen LogP contribution in [0.5, 0.6) is 0 Å². The van der Waals surface area contributed by atoms with Crippen LogP contribution >= 0.6 is 0 Å². The zero-order valence-corrected chi connectivity index (χ0v) is 11.0. The number of hydrogen-bond donors (Lipinski definition) is 3. The zero-order valence-electron chi connectivity index (χ0n) is 11.0. The molecular weight excluding hydrogens is 252 g/mol. The fourth-order valence-corrected chi connectivity index (χ4v) is 2.23. The average molecular weight is 272 g/mol. The summed E-state index contributed by atoms with van der Waals surface area (Å²) >= 11 is 0. The van der Waals surface area contributed by atoms with Gasteiger partial charge in [0, 0.05) is 6.04 Å². The maximum atomic E-state index is 12.0. The molecule has 3 N–H and O–H groups in total. The predicted octanol–water partition coefficient (Wildman–Crippen LogP) is -0.0951. The van der Waals surface area contributed by atoms with Crippen molar-refractivity contribution in [1.29, 1.82) is 0 Å². The monoisotopic (exact) mass is 272 g/mol. The molecule has 0 aromatic rings. The van der Waals surface area contributed by atoms with Crippen LogP contribution in [0.25, 0.3) is 0 Å². The SMILES string of the molecule is CC(C(=O)NC1CCCC1)N(CC(=O)O)CC(=O)O. The van der Waals surface area contributed by atoms with Crippen molar-refractivity contribution in [1.82, 2.24) is 10.2 Å². The summed E-state index contributed by atoms with van der Waals surface area (Å²) < 4.78 is 0. The Bertz CT molecular complexity index is 336. The van der Waals surface area contributed by atoms with E-state index in [0.717, 1.165) is 30.6 Å². The van der Waals surface area contributed by atoms with Crippen molar-refractivity contribution in [3.05, 3.63) is 0 Å². The molecule has 1 atom stereocenters. The molecule has 1 saturated carbocycles. The van der Waals surface area contributed by atoms with Crippen molar-refractivity contribution >= 4 is 17.8 Å². The highest BCUT2D eigenvalue weighted by Gasteiger charge is 2.27. The molecule has 1 amide bonds. The van der Waals surface area contributed by atoms with Gasteiger partial charge in [0.25, 0.3) is 0 Å². The Balaban J connectivity index is 2.57. The molecule has 7 nitrogen and oxygen atoms in total. The Morgan fingerprint density at radius 3 is 2.05 bits per heavy atom. The van der Waals surface area contributed by atoms with Crippen LogP contribution in [-0.4, -0.2) is 58.1 Å². The summed E-state index contributed by atoms with van der Waals surface area (Å²) in [7, 11) is 0. The van der Waals surface area contributed by atoms with E-state index in [0.29, 0.717) is 0 Å². The number of amides is 1. The number of carboxylic acids is 2. The minimum Gasteiger partial charge on any atom is -0.480 e. The summed E-state index contributed by atoms with van der Waals surface area (Å²) in [5.74, 6) is -2.61. The van der Waals surface area contributed by atoms with Gasteiger partial charge >= 0.3 is 11.9 Å². The molecule has 0 aromatic heterocycles. The quantitative estimate of drug-likeness (QED) is 0.597. The van der Waals surface area contributed by atoms with Crippen molar-refractivity contribution in [2.24, 2.45) is 0 Å². The van der Waals surface area contributed by atoms with Gasteiger partial charge in [0.1, 0.15) is 0 Å². The molecule has 1 fully saturated rings. The second kappa shape index (κ2) is 7.08. The lowest BCUT2D eigenvalue weighted by Crippen LogP contribution is -2.50. The summed E-state index contributed by atoms with van der Waals surface area (Å²) in [6.07, 6.45) is 4.01. The fraction of sp³-hybridized carbons (Fsp3) is 0.750. The number of aliphatic carboxylic acids is 2. The molecule has 108 valence electrons. The number of nitrogens with zero attached hydrogens (tertiary/aromatic N) is 1. The lowest BCUT2D eigenvalue weighted by atomic mass is 10.2. The molecule has 0 spiro atoms. The highest BCUT2D eigenvalue weighted by molar-refractivity contribution is 5.83. The van der Waals surface area contributed by atoms with E-state index in [1.807, 2.05) is 0 Å². The summed E-state index contributed by atoms with van der Waals surface area (Å²) in [4.78, 5) is 34.5. The van der Waals surface area contributed by atoms with Crippen LogP contribution in [0, 0.1) is 0 Å². The average Bonchev–Trinajstić information content (AvgIpc) is 2.78. The smallest absolute Gasteiger partial charge is 0.317 e. The molecule has 1 unspecified atom stereocenters. The van der Waals surface area contributed by atoms with Gasteiger partial charge in [-0.05, 0) is 19.8 Å². The van der Waals surface area contributed by atoms with E-state index in [-0.39, 0.29) is 11.9 Å². The van der Waals surface area contributed by atoms with E-state index in [1.54, 1.807) is 0 Å². The van der Waals surface area contributed by atoms with Gasteiger partial charge in [0.05, 0.1) is 19.1 Å². The van der Waals surface area contributed by atoms with Crippen LogP contribution in [-0.2, 0) is 14.4 Å². The first kappa shape index (κ1) is 15.4. The first-order chi connectivity index (χ1) is 8.90. The number of carboxylic acid groups (broad SMARTS) is 2. The first-order valence-corrected chi connectivity index (χ1v) is 6.38. The van der Waals surface area contributed by atoms with Crippen molar-refractivity contribution in [3.63, 3.8) is 0 Å². The van der Waals surface area contributed by atoms with Crippen molar-refractivity contribution in [3.8, 4) is 0 Å². The van der Waals surface area contributed by atoms with Gasteiger partial charge in [0.2, 0.25) is 5.91 Å². The van der Waals surface area contributed by atoms with Crippen LogP contribution < -0.4 is 5.32 Å². The van der Waals surface area contributed by atoms with Gasteiger partial charge in [-0.25, -0.2) is 0 Å². The number of nitrogens with one attached hydrogen (secondary N) is 1. The lowest BCUT2D eigenvalue weighted by molar-refractivity contribution is -0.144. The van der Waals surface area contributed by atoms with E-state index >= 15 is 0 Å². The molecule has 0 aromatic carbocycles. The molecule has 1 aliphatic carbocycles. The maximum absolute atomic E-state index is 12.0. The molecule has 1 aliphatic rings. The Morgan fingerprint density at radius 1 is 1.16 bits per heavy atom. The third-order valence-electron chi connectivity index (χ3n) is 3.31. The minimum atomic E-state index is -1.15. The highest BCUT2D eigenvalue weighted by Crippen LogP contribution is 2.17. The summed E-state index contributed by atoms with van der Waals surface area (Å²) in [6, 6.07) is -0.640. The van der Waals surface area contributed by atoms with Crippen LogP contribution in [0.1, 0.15) is 32.6 Å². The Labute approximate surface area is 111 Å². The van der Waals surface area contributed by atoms with Crippen LogP contribution in [0.4, 0.5) is 0 Å². The van der Waals surface area contributed by atoms with E-state index in [9.17, 15) is 14.4 Å². The zero-order chi connectivity index (χ0) is 14.4. The Kier molecular flexibility index (Phi) is 5.75. The molecule has 19 heavy (non-hydrogen) atoms. The van der Waals surface area contributed by atoms with Gasteiger partial charge in [0.15, 0.2) is 0 Å². The molecule has 0 bridgehead atoms. The maximum Gasteiger partial charge on any atom is 0.317 e. The third-order valence-corrected chi connectivity index (χ3v) is 3.31. The van der Waals surface area contributed by atoms with E-state index in [1.165, 1.54) is 6.92 Å². The topological polar surface area (TPSA) is 107 Å². The van der Waals surface area contributed by atoms with Crippen molar-refractivity contribution in [2.45, 2.75) is 44.7 Å². The highest BCUT2D eigenvalue weighted by atomic mass is 16.4. The lowest BCUT2D eigenvalue weighted by Gasteiger charge is -2.26. The van der Waals surface area contributed by atoms with Crippen LogP contribution in [0.3, 0.4) is 0 Å². The fourth-order valence-electron chi connectivity index (χ4n) is 2.23. The van der Waals surface area contributed by atoms with E-state index < -0.39 is 31.1 Å². The van der Waals surface area contributed by atoms with Gasteiger partial charge < -0.3 is 15.5 Å². The number of carbonyl (C=O) groups is 3. The second-order valence-corrected chi connectivity index (χ2v) is 4.86. The Hall–Kier alpha value is -1.63. The van der Waals surface area contributed by atoms with Crippen molar-refractivity contribution < 1.29 is 24.6 Å². The molecule has 0 radical (unpaired) electrons. The molecular formula is C12H20N2O5. The summed E-state index contributed by atoms with van der Waals surface area (Å²) in [5, 5.41) is 20.3. The standard InChI is InChI=1S/C12H20N2O5/c1-8(12(19)13-9-4-2-3-5-9)14(6-10(15)16)7-11(17)18/h8-9H,2-7H2,1H3,(H,13,19)(H,15,16)(H,17,18). The van der Waals surface area contributed by atoms with Crippen LogP contribution in [0.2, 0.25) is 0 Å². The Morgan fingerprint density at radius 2 is 1.63 bits per heavy atom. The number of hydrogen-bond acceptors (Lipinski definition) is 4. The summed E-state index contributed by atoms with van der Waals surface area (Å²) in [5.41, 5.74) is 0. The number of carbonyl (C=O) groups excluding carboxylic acids is 1. The van der Waals surface area contributed by atoms with E-state index in [2.05, 4.69) is 5.32 Å². The normalized spacial score (nSPS) is 17.4. The van der Waals surface area contributed by atoms with Crippen LogP contribution in [0.15, 0.2) is 0 Å². The number of rotatable bonds is 7. The first-order valence-electron chi connectivity index (χ1n) is 6.38. The van der Waals surface area contributed by atoms with Gasteiger partial charge in [-0.15, -0.1) is 0 Å². The molecule has 0 aliphatic heterocycles. The predicted molar refractivity (Wildman–Crippen MR) is 66.7 cm³/mol. The van der Waals surface area contributed by atoms with E-state index in [4.69, 9.17) is 10.2 Å². The summed E-state index contributed by atoms with van der Waals surface area (Å²) in [6.45, 7) is 0.591. The van der Waals surface area contributed by atoms with Gasteiger partial charge in [-0.3, -0.25) is 19.3 Å². The molecule has 0 saturated heterocycles. The third kappa shape index (κ3) is 5.25. The molecule has 7 heteroatoms. The molecule has 1 rings (SSSR count).